The Kier molecular flexibility index (Phi) is 4.12. The summed E-state index contributed by atoms with van der Waals surface area (Å²) in [5.74, 6) is -0.176. The van der Waals surface area contributed by atoms with E-state index in [9.17, 15) is 4.79 Å². The molecule has 0 aliphatic rings. The van der Waals surface area contributed by atoms with Crippen LogP contribution < -0.4 is 5.32 Å². The number of hydrogen-bond acceptors (Lipinski definition) is 2. The van der Waals surface area contributed by atoms with E-state index in [4.69, 9.17) is 23.2 Å². The fourth-order valence-electron chi connectivity index (χ4n) is 1.80. The van der Waals surface area contributed by atoms with Crippen LogP contribution in [0.1, 0.15) is 11.4 Å². The van der Waals surface area contributed by atoms with Crippen LogP contribution in [0.2, 0.25) is 10.0 Å². The number of nitrogens with one attached hydrogen (secondary N) is 1. The summed E-state index contributed by atoms with van der Waals surface area (Å²) in [7, 11) is 0. The van der Waals surface area contributed by atoms with Crippen LogP contribution in [0.3, 0.4) is 0 Å². The first-order valence-electron chi connectivity index (χ1n) is 5.71. The topological polar surface area (TPSA) is 46.9 Å². The second-order valence-corrected chi connectivity index (χ2v) is 5.16. The lowest BCUT2D eigenvalue weighted by Crippen LogP contribution is -2.20. The summed E-state index contributed by atoms with van der Waals surface area (Å²) >= 11 is 11.7. The van der Waals surface area contributed by atoms with Crippen LogP contribution >= 0.6 is 23.2 Å². The number of carbonyl (C=O) groups excluding carboxylic acids is 1. The van der Waals surface area contributed by atoms with Gasteiger partial charge in [-0.25, -0.2) is 0 Å². The first-order chi connectivity index (χ1) is 8.94. The van der Waals surface area contributed by atoms with Gasteiger partial charge in [0, 0.05) is 21.4 Å². The summed E-state index contributed by atoms with van der Waals surface area (Å²) in [6, 6.07) is 6.82. The molecular formula is C13H13Cl2N3O. The molecule has 0 aliphatic carbocycles. The lowest BCUT2D eigenvalue weighted by atomic mass is 10.3. The number of benzene rings is 1. The number of carbonyl (C=O) groups is 1. The van der Waals surface area contributed by atoms with Gasteiger partial charge in [0.25, 0.3) is 0 Å². The SMILES string of the molecule is Cc1cc(C)n(CC(=O)Nc2cc(Cl)cc(Cl)c2)n1. The first-order valence-corrected chi connectivity index (χ1v) is 6.46. The summed E-state index contributed by atoms with van der Waals surface area (Å²) < 4.78 is 1.65. The maximum atomic E-state index is 11.9. The van der Waals surface area contributed by atoms with Gasteiger partial charge in [0.1, 0.15) is 6.54 Å². The standard InChI is InChI=1S/C13H13Cl2N3O/c1-8-3-9(2)18(17-8)7-13(19)16-12-5-10(14)4-11(15)6-12/h3-6H,7H2,1-2H3,(H,16,19). The van der Waals surface area contributed by atoms with Crippen molar-refractivity contribution in [1.29, 1.82) is 0 Å². The van der Waals surface area contributed by atoms with Gasteiger partial charge in [-0.05, 0) is 38.1 Å². The predicted octanol–water partition coefficient (Wildman–Crippen LogP) is 3.45. The molecule has 1 heterocycles. The Morgan fingerprint density at radius 3 is 2.37 bits per heavy atom. The smallest absolute Gasteiger partial charge is 0.246 e. The highest BCUT2D eigenvalue weighted by Gasteiger charge is 2.08. The van der Waals surface area contributed by atoms with Crippen molar-refractivity contribution in [3.8, 4) is 0 Å². The van der Waals surface area contributed by atoms with Crippen molar-refractivity contribution in [2.24, 2.45) is 0 Å². The van der Waals surface area contributed by atoms with Crippen molar-refractivity contribution in [2.45, 2.75) is 20.4 Å². The molecule has 1 aromatic carbocycles. The second-order valence-electron chi connectivity index (χ2n) is 4.29. The molecule has 1 aromatic heterocycles. The predicted molar refractivity (Wildman–Crippen MR) is 76.8 cm³/mol. The zero-order chi connectivity index (χ0) is 14.0. The van der Waals surface area contributed by atoms with E-state index in [1.165, 1.54) is 0 Å². The van der Waals surface area contributed by atoms with Gasteiger partial charge >= 0.3 is 0 Å². The Bertz CT molecular complexity index is 602. The number of nitrogens with zero attached hydrogens (tertiary/aromatic N) is 2. The quantitative estimate of drug-likeness (QED) is 0.943. The first kappa shape index (κ1) is 13.9. The van der Waals surface area contributed by atoms with Crippen LogP contribution in [0.15, 0.2) is 24.3 Å². The minimum Gasteiger partial charge on any atom is -0.324 e. The van der Waals surface area contributed by atoms with E-state index < -0.39 is 0 Å². The van der Waals surface area contributed by atoms with Crippen LogP contribution in [0.5, 0.6) is 0 Å². The molecule has 0 atom stereocenters. The second kappa shape index (κ2) is 5.63. The molecule has 0 saturated heterocycles. The molecule has 0 fully saturated rings. The highest BCUT2D eigenvalue weighted by atomic mass is 35.5. The van der Waals surface area contributed by atoms with Gasteiger partial charge in [-0.1, -0.05) is 23.2 Å². The molecule has 1 N–H and O–H groups in total. The third-order valence-electron chi connectivity index (χ3n) is 2.54. The average Bonchev–Trinajstić information content (AvgIpc) is 2.55. The highest BCUT2D eigenvalue weighted by Crippen LogP contribution is 2.22. The molecule has 4 nitrogen and oxygen atoms in total. The van der Waals surface area contributed by atoms with E-state index in [-0.39, 0.29) is 12.5 Å². The van der Waals surface area contributed by atoms with E-state index in [1.807, 2.05) is 19.9 Å². The minimum atomic E-state index is -0.176. The number of halogens is 2. The van der Waals surface area contributed by atoms with E-state index in [1.54, 1.807) is 22.9 Å². The molecule has 0 spiro atoms. The zero-order valence-corrected chi connectivity index (χ0v) is 12.1. The summed E-state index contributed by atoms with van der Waals surface area (Å²) in [4.78, 5) is 11.9. The molecule has 0 radical (unpaired) electrons. The lowest BCUT2D eigenvalue weighted by Gasteiger charge is -2.07. The summed E-state index contributed by atoms with van der Waals surface area (Å²) in [6.07, 6.45) is 0. The van der Waals surface area contributed by atoms with E-state index in [0.29, 0.717) is 15.7 Å². The van der Waals surface area contributed by atoms with Crippen molar-refractivity contribution in [3.05, 3.63) is 45.7 Å². The van der Waals surface area contributed by atoms with Gasteiger partial charge in [0.15, 0.2) is 0 Å². The molecule has 2 aromatic rings. The van der Waals surface area contributed by atoms with E-state index in [2.05, 4.69) is 10.4 Å². The molecule has 1 amide bonds. The number of aryl methyl sites for hydroxylation is 2. The molecule has 0 saturated carbocycles. The number of aromatic nitrogens is 2. The van der Waals surface area contributed by atoms with E-state index >= 15 is 0 Å². The van der Waals surface area contributed by atoms with Gasteiger partial charge < -0.3 is 5.32 Å². The average molecular weight is 298 g/mol. The maximum absolute atomic E-state index is 11.9. The van der Waals surface area contributed by atoms with Crippen LogP contribution in [0, 0.1) is 13.8 Å². The Hall–Kier alpha value is -1.52. The summed E-state index contributed by atoms with van der Waals surface area (Å²) in [5.41, 5.74) is 2.40. The van der Waals surface area contributed by atoms with Crippen molar-refractivity contribution in [3.63, 3.8) is 0 Å². The number of hydrogen-bond donors (Lipinski definition) is 1. The molecule has 0 aliphatic heterocycles. The minimum absolute atomic E-state index is 0.157. The van der Waals surface area contributed by atoms with E-state index in [0.717, 1.165) is 11.4 Å². The fraction of sp³-hybridized carbons (Fsp3) is 0.231. The van der Waals surface area contributed by atoms with Crippen molar-refractivity contribution in [2.75, 3.05) is 5.32 Å². The summed E-state index contributed by atoms with van der Waals surface area (Å²) in [5, 5.41) is 7.93. The van der Waals surface area contributed by atoms with Gasteiger partial charge in [-0.15, -0.1) is 0 Å². The molecule has 6 heteroatoms. The summed E-state index contributed by atoms with van der Waals surface area (Å²) in [6.45, 7) is 3.95. The van der Waals surface area contributed by atoms with Crippen molar-refractivity contribution in [1.82, 2.24) is 9.78 Å². The van der Waals surface area contributed by atoms with Crippen molar-refractivity contribution >= 4 is 34.8 Å². The lowest BCUT2D eigenvalue weighted by molar-refractivity contribution is -0.116. The number of amides is 1. The normalized spacial score (nSPS) is 10.5. The van der Waals surface area contributed by atoms with Crippen LogP contribution in [0.25, 0.3) is 0 Å². The molecular weight excluding hydrogens is 285 g/mol. The van der Waals surface area contributed by atoms with Crippen LogP contribution in [-0.4, -0.2) is 15.7 Å². The third-order valence-corrected chi connectivity index (χ3v) is 2.98. The van der Waals surface area contributed by atoms with Crippen molar-refractivity contribution < 1.29 is 4.79 Å². The Labute approximate surface area is 121 Å². The van der Waals surface area contributed by atoms with Gasteiger partial charge in [-0.3, -0.25) is 9.48 Å². The molecule has 0 unspecified atom stereocenters. The van der Waals surface area contributed by atoms with Gasteiger partial charge in [0.05, 0.1) is 5.69 Å². The van der Waals surface area contributed by atoms with Gasteiger partial charge in [-0.2, -0.15) is 5.10 Å². The van der Waals surface area contributed by atoms with Crippen LogP contribution in [0.4, 0.5) is 5.69 Å². The monoisotopic (exact) mass is 297 g/mol. The van der Waals surface area contributed by atoms with Gasteiger partial charge in [0.2, 0.25) is 5.91 Å². The molecule has 2 rings (SSSR count). The number of anilines is 1. The third kappa shape index (κ3) is 3.72. The van der Waals surface area contributed by atoms with Crippen LogP contribution in [-0.2, 0) is 11.3 Å². The Morgan fingerprint density at radius 1 is 1.21 bits per heavy atom. The Balaban J connectivity index is 2.07. The maximum Gasteiger partial charge on any atom is 0.246 e. The molecule has 19 heavy (non-hydrogen) atoms. The fourth-order valence-corrected chi connectivity index (χ4v) is 2.32. The number of rotatable bonds is 3. The Morgan fingerprint density at radius 2 is 1.84 bits per heavy atom. The zero-order valence-electron chi connectivity index (χ0n) is 10.6. The molecule has 100 valence electrons. The highest BCUT2D eigenvalue weighted by molar-refractivity contribution is 6.35. The molecule has 0 bridgehead atoms. The largest absolute Gasteiger partial charge is 0.324 e.